The SMILES string of the molecule is CN(C)Cc1cc(CNC2CC3(C2)CC3C(=O)O)no1. The first-order valence-electron chi connectivity index (χ1n) is 7.04. The monoisotopic (exact) mass is 279 g/mol. The van der Waals surface area contributed by atoms with Crippen molar-refractivity contribution in [3.8, 4) is 0 Å². The lowest BCUT2D eigenvalue weighted by Crippen LogP contribution is -2.43. The van der Waals surface area contributed by atoms with E-state index in [1.54, 1.807) is 0 Å². The number of nitrogens with zero attached hydrogens (tertiary/aromatic N) is 2. The fourth-order valence-corrected chi connectivity index (χ4v) is 3.29. The zero-order chi connectivity index (χ0) is 14.3. The second-order valence-corrected chi connectivity index (χ2v) is 6.47. The molecule has 6 heteroatoms. The smallest absolute Gasteiger partial charge is 0.307 e. The molecule has 0 radical (unpaired) electrons. The second kappa shape index (κ2) is 4.86. The van der Waals surface area contributed by atoms with E-state index in [-0.39, 0.29) is 11.3 Å². The number of hydrogen-bond donors (Lipinski definition) is 2. The lowest BCUT2D eigenvalue weighted by molar-refractivity contribution is -0.140. The first-order chi connectivity index (χ1) is 9.48. The van der Waals surface area contributed by atoms with Crippen molar-refractivity contribution in [3.05, 3.63) is 17.5 Å². The van der Waals surface area contributed by atoms with Gasteiger partial charge >= 0.3 is 5.97 Å². The molecule has 6 nitrogen and oxygen atoms in total. The zero-order valence-electron chi connectivity index (χ0n) is 11.9. The molecule has 2 aliphatic carbocycles. The van der Waals surface area contributed by atoms with Crippen molar-refractivity contribution in [2.24, 2.45) is 11.3 Å². The van der Waals surface area contributed by atoms with E-state index in [1.807, 2.05) is 25.1 Å². The molecule has 1 heterocycles. The van der Waals surface area contributed by atoms with Gasteiger partial charge in [-0.1, -0.05) is 5.16 Å². The summed E-state index contributed by atoms with van der Waals surface area (Å²) in [5, 5.41) is 16.4. The highest BCUT2D eigenvalue weighted by atomic mass is 16.5. The largest absolute Gasteiger partial charge is 0.481 e. The summed E-state index contributed by atoms with van der Waals surface area (Å²) >= 11 is 0. The normalized spacial score (nSPS) is 31.6. The Balaban J connectivity index is 1.41. The van der Waals surface area contributed by atoms with Crippen LogP contribution in [0.3, 0.4) is 0 Å². The van der Waals surface area contributed by atoms with E-state index in [0.29, 0.717) is 12.6 Å². The maximum Gasteiger partial charge on any atom is 0.307 e. The van der Waals surface area contributed by atoms with Crippen LogP contribution >= 0.6 is 0 Å². The molecule has 1 spiro atoms. The van der Waals surface area contributed by atoms with Gasteiger partial charge < -0.3 is 19.8 Å². The Morgan fingerprint density at radius 2 is 2.30 bits per heavy atom. The number of nitrogens with one attached hydrogen (secondary N) is 1. The molecule has 3 rings (SSSR count). The van der Waals surface area contributed by atoms with Crippen molar-refractivity contribution in [2.45, 2.75) is 38.4 Å². The topological polar surface area (TPSA) is 78.6 Å². The lowest BCUT2D eigenvalue weighted by Gasteiger charge is -2.37. The highest BCUT2D eigenvalue weighted by Crippen LogP contribution is 2.65. The molecular weight excluding hydrogens is 258 g/mol. The van der Waals surface area contributed by atoms with Crippen LogP contribution in [-0.4, -0.2) is 41.3 Å². The van der Waals surface area contributed by atoms with Crippen LogP contribution in [0.1, 0.15) is 30.7 Å². The highest BCUT2D eigenvalue weighted by molar-refractivity contribution is 5.75. The Kier molecular flexibility index (Phi) is 3.30. The first kappa shape index (κ1) is 13.6. The van der Waals surface area contributed by atoms with Gasteiger partial charge in [-0.2, -0.15) is 0 Å². The summed E-state index contributed by atoms with van der Waals surface area (Å²) in [6, 6.07) is 2.40. The third kappa shape index (κ3) is 2.58. The number of carbonyl (C=O) groups is 1. The lowest BCUT2D eigenvalue weighted by atomic mass is 9.75. The van der Waals surface area contributed by atoms with Gasteiger partial charge in [0, 0.05) is 18.7 Å². The summed E-state index contributed by atoms with van der Waals surface area (Å²) < 4.78 is 5.25. The van der Waals surface area contributed by atoms with Crippen LogP contribution in [0.2, 0.25) is 0 Å². The quantitative estimate of drug-likeness (QED) is 0.811. The maximum atomic E-state index is 10.9. The van der Waals surface area contributed by atoms with Crippen molar-refractivity contribution in [1.29, 1.82) is 0 Å². The van der Waals surface area contributed by atoms with Crippen LogP contribution in [-0.2, 0) is 17.9 Å². The predicted octanol–water partition coefficient (Wildman–Crippen LogP) is 1.08. The molecule has 2 saturated carbocycles. The molecular formula is C14H21N3O3. The van der Waals surface area contributed by atoms with Crippen LogP contribution in [0.25, 0.3) is 0 Å². The van der Waals surface area contributed by atoms with E-state index in [1.165, 1.54) is 0 Å². The molecule has 0 bridgehead atoms. The Hall–Kier alpha value is -1.40. The number of rotatable bonds is 6. The molecule has 110 valence electrons. The van der Waals surface area contributed by atoms with Crippen LogP contribution in [0.5, 0.6) is 0 Å². The number of aliphatic carboxylic acids is 1. The molecule has 0 amide bonds. The van der Waals surface area contributed by atoms with Crippen molar-refractivity contribution < 1.29 is 14.4 Å². The number of aromatic nitrogens is 1. The second-order valence-electron chi connectivity index (χ2n) is 6.47. The predicted molar refractivity (Wildman–Crippen MR) is 71.9 cm³/mol. The summed E-state index contributed by atoms with van der Waals surface area (Å²) in [7, 11) is 3.98. The molecule has 1 atom stereocenters. The minimum absolute atomic E-state index is 0.0979. The zero-order valence-corrected chi connectivity index (χ0v) is 11.9. The van der Waals surface area contributed by atoms with Crippen LogP contribution < -0.4 is 5.32 Å². The molecule has 1 aromatic rings. The van der Waals surface area contributed by atoms with Gasteiger partial charge in [0.05, 0.1) is 18.2 Å². The summed E-state index contributed by atoms with van der Waals surface area (Å²) in [6.07, 6.45) is 2.82. The summed E-state index contributed by atoms with van der Waals surface area (Å²) in [4.78, 5) is 12.9. The van der Waals surface area contributed by atoms with Crippen LogP contribution in [0, 0.1) is 11.3 Å². The fourth-order valence-electron chi connectivity index (χ4n) is 3.29. The van der Waals surface area contributed by atoms with E-state index in [9.17, 15) is 4.79 Å². The van der Waals surface area contributed by atoms with Gasteiger partial charge in [-0.3, -0.25) is 4.79 Å². The molecule has 2 N–H and O–H groups in total. The maximum absolute atomic E-state index is 10.9. The number of carboxylic acid groups (broad SMARTS) is 1. The molecule has 0 saturated heterocycles. The van der Waals surface area contributed by atoms with Crippen LogP contribution in [0.15, 0.2) is 10.6 Å². The molecule has 1 unspecified atom stereocenters. The van der Waals surface area contributed by atoms with E-state index < -0.39 is 5.97 Å². The van der Waals surface area contributed by atoms with Gasteiger partial charge in [-0.05, 0) is 38.8 Å². The van der Waals surface area contributed by atoms with E-state index in [0.717, 1.165) is 37.3 Å². The van der Waals surface area contributed by atoms with Gasteiger partial charge in [0.1, 0.15) is 0 Å². The molecule has 2 aliphatic rings. The Labute approximate surface area is 118 Å². The third-order valence-electron chi connectivity index (χ3n) is 4.45. The minimum atomic E-state index is -0.631. The molecule has 2 fully saturated rings. The first-order valence-corrected chi connectivity index (χ1v) is 7.04. The molecule has 0 aliphatic heterocycles. The average Bonchev–Trinajstić information content (AvgIpc) is 2.93. The third-order valence-corrected chi connectivity index (χ3v) is 4.45. The van der Waals surface area contributed by atoms with Gasteiger partial charge in [-0.25, -0.2) is 0 Å². The van der Waals surface area contributed by atoms with Crippen molar-refractivity contribution in [2.75, 3.05) is 14.1 Å². The van der Waals surface area contributed by atoms with Gasteiger partial charge in [0.25, 0.3) is 0 Å². The number of carboxylic acids is 1. The Morgan fingerprint density at radius 1 is 1.55 bits per heavy atom. The Bertz CT molecular complexity index is 506. The standard InChI is InChI=1S/C14H21N3O3/c1-17(2)8-11-3-9(16-20-11)7-15-10-4-14(5-10)6-12(14)13(18)19/h3,10,12,15H,4-8H2,1-2H3,(H,18,19). The summed E-state index contributed by atoms with van der Waals surface area (Å²) in [5.74, 6) is 0.137. The van der Waals surface area contributed by atoms with Crippen molar-refractivity contribution >= 4 is 5.97 Å². The summed E-state index contributed by atoms with van der Waals surface area (Å²) in [5.41, 5.74) is 1.03. The van der Waals surface area contributed by atoms with Crippen molar-refractivity contribution in [3.63, 3.8) is 0 Å². The molecule has 20 heavy (non-hydrogen) atoms. The van der Waals surface area contributed by atoms with Gasteiger partial charge in [0.2, 0.25) is 0 Å². The summed E-state index contributed by atoms with van der Waals surface area (Å²) in [6.45, 7) is 1.44. The van der Waals surface area contributed by atoms with Crippen LogP contribution in [0.4, 0.5) is 0 Å². The number of hydrogen-bond acceptors (Lipinski definition) is 5. The molecule has 0 aromatic carbocycles. The van der Waals surface area contributed by atoms with Crippen molar-refractivity contribution in [1.82, 2.24) is 15.4 Å². The van der Waals surface area contributed by atoms with E-state index in [2.05, 4.69) is 10.5 Å². The highest BCUT2D eigenvalue weighted by Gasteiger charge is 2.64. The minimum Gasteiger partial charge on any atom is -0.481 e. The molecule has 1 aromatic heterocycles. The Morgan fingerprint density at radius 3 is 2.90 bits per heavy atom. The van der Waals surface area contributed by atoms with E-state index >= 15 is 0 Å². The van der Waals surface area contributed by atoms with E-state index in [4.69, 9.17) is 9.63 Å². The van der Waals surface area contributed by atoms with Gasteiger partial charge in [-0.15, -0.1) is 0 Å². The fraction of sp³-hybridized carbons (Fsp3) is 0.714. The average molecular weight is 279 g/mol. The van der Waals surface area contributed by atoms with Gasteiger partial charge in [0.15, 0.2) is 5.76 Å².